The van der Waals surface area contributed by atoms with Crippen LogP contribution in [0.4, 0.5) is 0 Å². The van der Waals surface area contributed by atoms with Crippen molar-refractivity contribution in [1.29, 1.82) is 0 Å². The largest absolute Gasteiger partial charge is 0.378 e. The van der Waals surface area contributed by atoms with Gasteiger partial charge in [-0.25, -0.2) is 0 Å². The van der Waals surface area contributed by atoms with Gasteiger partial charge in [-0.05, 0) is 31.7 Å². The molecule has 0 saturated carbocycles. The van der Waals surface area contributed by atoms with Gasteiger partial charge in [-0.3, -0.25) is 0 Å². The van der Waals surface area contributed by atoms with Gasteiger partial charge in [0, 0.05) is 5.92 Å². The molecule has 1 aliphatic heterocycles. The van der Waals surface area contributed by atoms with Crippen LogP contribution in [0.5, 0.6) is 0 Å². The zero-order valence-corrected chi connectivity index (χ0v) is 11.1. The van der Waals surface area contributed by atoms with Crippen molar-refractivity contribution < 1.29 is 4.74 Å². The molecule has 17 heavy (non-hydrogen) atoms. The molecule has 0 amide bonds. The van der Waals surface area contributed by atoms with E-state index in [1.807, 2.05) is 0 Å². The monoisotopic (exact) mass is 232 g/mol. The van der Waals surface area contributed by atoms with E-state index in [-0.39, 0.29) is 0 Å². The Morgan fingerprint density at radius 3 is 2.53 bits per heavy atom. The van der Waals surface area contributed by atoms with Gasteiger partial charge in [0.05, 0.1) is 12.7 Å². The average molecular weight is 232 g/mol. The summed E-state index contributed by atoms with van der Waals surface area (Å²) in [5.74, 6) is 0.619. The Labute approximate surface area is 105 Å². The summed E-state index contributed by atoms with van der Waals surface area (Å²) in [7, 11) is 0. The third-order valence-electron chi connectivity index (χ3n) is 3.80. The van der Waals surface area contributed by atoms with Crippen LogP contribution in [0.3, 0.4) is 0 Å². The molecule has 94 valence electrons. The molecule has 0 bridgehead atoms. The molecular weight excluding hydrogens is 208 g/mol. The van der Waals surface area contributed by atoms with Crippen molar-refractivity contribution >= 4 is 0 Å². The van der Waals surface area contributed by atoms with E-state index in [1.165, 1.54) is 43.2 Å². The van der Waals surface area contributed by atoms with Gasteiger partial charge >= 0.3 is 0 Å². The van der Waals surface area contributed by atoms with Gasteiger partial charge in [0.15, 0.2) is 0 Å². The topological polar surface area (TPSA) is 9.23 Å². The minimum atomic E-state index is 0.525. The van der Waals surface area contributed by atoms with Crippen LogP contribution in [0.2, 0.25) is 0 Å². The Morgan fingerprint density at radius 1 is 1.18 bits per heavy atom. The average Bonchev–Trinajstić information content (AvgIpc) is 2.38. The van der Waals surface area contributed by atoms with Crippen LogP contribution in [-0.4, -0.2) is 12.7 Å². The Balaban J connectivity index is 1.84. The minimum Gasteiger partial charge on any atom is -0.378 e. The summed E-state index contributed by atoms with van der Waals surface area (Å²) in [6.07, 6.45) is 6.88. The first-order valence-corrected chi connectivity index (χ1v) is 6.97. The maximum Gasteiger partial charge on any atom is 0.0575 e. The van der Waals surface area contributed by atoms with E-state index >= 15 is 0 Å². The Bertz CT molecular complexity index is 320. The molecule has 0 N–H and O–H groups in total. The van der Waals surface area contributed by atoms with E-state index in [2.05, 4.69) is 38.1 Å². The van der Waals surface area contributed by atoms with Crippen LogP contribution in [0, 0.1) is 6.92 Å². The molecule has 1 aliphatic rings. The van der Waals surface area contributed by atoms with Crippen molar-refractivity contribution in [3.63, 3.8) is 0 Å². The van der Waals surface area contributed by atoms with E-state index in [0.29, 0.717) is 12.0 Å². The van der Waals surface area contributed by atoms with Gasteiger partial charge in [0.1, 0.15) is 0 Å². The Hall–Kier alpha value is -0.820. The predicted octanol–water partition coefficient (Wildman–Crippen LogP) is 4.45. The van der Waals surface area contributed by atoms with Crippen molar-refractivity contribution in [3.8, 4) is 0 Å². The number of hydrogen-bond donors (Lipinski definition) is 0. The second-order valence-electron chi connectivity index (χ2n) is 5.28. The zero-order chi connectivity index (χ0) is 12.1. The number of hydrogen-bond acceptors (Lipinski definition) is 1. The molecule has 1 aromatic carbocycles. The maximum atomic E-state index is 5.98. The molecule has 0 radical (unpaired) electrons. The summed E-state index contributed by atoms with van der Waals surface area (Å²) in [4.78, 5) is 0. The van der Waals surface area contributed by atoms with Gasteiger partial charge in [0.2, 0.25) is 0 Å². The number of ether oxygens (including phenoxy) is 1. The Kier molecular flexibility index (Phi) is 4.61. The standard InChI is InChI=1S/C16H24O/c1-3-4-5-16-11-10-15(12-17-16)14-8-6-13(2)7-9-14/h6-9,15-16H,3-5,10-12H2,1-2H3. The van der Waals surface area contributed by atoms with Crippen LogP contribution < -0.4 is 0 Å². The Morgan fingerprint density at radius 2 is 1.94 bits per heavy atom. The SMILES string of the molecule is CCCCC1CCC(c2ccc(C)cc2)CO1. The molecule has 1 saturated heterocycles. The van der Waals surface area contributed by atoms with Crippen LogP contribution in [0.1, 0.15) is 56.1 Å². The molecule has 1 heterocycles. The molecule has 1 fully saturated rings. The first-order valence-electron chi connectivity index (χ1n) is 6.97. The number of benzene rings is 1. The molecule has 1 heteroatoms. The summed E-state index contributed by atoms with van der Waals surface area (Å²) in [6, 6.07) is 8.93. The fourth-order valence-corrected chi connectivity index (χ4v) is 2.57. The molecule has 2 rings (SSSR count). The quantitative estimate of drug-likeness (QED) is 0.745. The lowest BCUT2D eigenvalue weighted by atomic mass is 9.90. The fourth-order valence-electron chi connectivity index (χ4n) is 2.57. The molecule has 0 aromatic heterocycles. The highest BCUT2D eigenvalue weighted by molar-refractivity contribution is 5.24. The van der Waals surface area contributed by atoms with Crippen molar-refractivity contribution in [2.24, 2.45) is 0 Å². The summed E-state index contributed by atoms with van der Waals surface area (Å²) < 4.78 is 5.98. The minimum absolute atomic E-state index is 0.525. The molecular formula is C16H24O. The molecule has 1 nitrogen and oxygen atoms in total. The first-order chi connectivity index (χ1) is 8.29. The summed E-state index contributed by atoms with van der Waals surface area (Å²) in [5.41, 5.74) is 2.79. The normalized spacial score (nSPS) is 24.8. The van der Waals surface area contributed by atoms with Gasteiger partial charge < -0.3 is 4.74 Å². The third kappa shape index (κ3) is 3.57. The lowest BCUT2D eigenvalue weighted by Gasteiger charge is -2.29. The predicted molar refractivity (Wildman–Crippen MR) is 72.4 cm³/mol. The summed E-state index contributed by atoms with van der Waals surface area (Å²) in [5, 5.41) is 0. The van der Waals surface area contributed by atoms with Gasteiger partial charge in [-0.1, -0.05) is 49.6 Å². The lowest BCUT2D eigenvalue weighted by molar-refractivity contribution is -0.00189. The van der Waals surface area contributed by atoms with Crippen LogP contribution in [0.25, 0.3) is 0 Å². The van der Waals surface area contributed by atoms with E-state index in [1.54, 1.807) is 0 Å². The second kappa shape index (κ2) is 6.20. The third-order valence-corrected chi connectivity index (χ3v) is 3.80. The lowest BCUT2D eigenvalue weighted by Crippen LogP contribution is -2.24. The van der Waals surface area contributed by atoms with Crippen molar-refractivity contribution in [2.75, 3.05) is 6.61 Å². The van der Waals surface area contributed by atoms with E-state index < -0.39 is 0 Å². The van der Waals surface area contributed by atoms with E-state index in [4.69, 9.17) is 4.74 Å². The van der Waals surface area contributed by atoms with Gasteiger partial charge in [-0.2, -0.15) is 0 Å². The van der Waals surface area contributed by atoms with Crippen LogP contribution in [0.15, 0.2) is 24.3 Å². The fraction of sp³-hybridized carbons (Fsp3) is 0.625. The van der Waals surface area contributed by atoms with Crippen molar-refractivity contribution in [3.05, 3.63) is 35.4 Å². The molecule has 2 atom stereocenters. The number of unbranched alkanes of at least 4 members (excludes halogenated alkanes) is 1. The highest BCUT2D eigenvalue weighted by atomic mass is 16.5. The smallest absolute Gasteiger partial charge is 0.0575 e. The van der Waals surface area contributed by atoms with Crippen LogP contribution in [-0.2, 0) is 4.74 Å². The van der Waals surface area contributed by atoms with Gasteiger partial charge in [0.25, 0.3) is 0 Å². The summed E-state index contributed by atoms with van der Waals surface area (Å²) >= 11 is 0. The number of rotatable bonds is 4. The van der Waals surface area contributed by atoms with Crippen molar-refractivity contribution in [2.45, 2.75) is 58.0 Å². The van der Waals surface area contributed by atoms with E-state index in [0.717, 1.165) is 6.61 Å². The van der Waals surface area contributed by atoms with E-state index in [9.17, 15) is 0 Å². The van der Waals surface area contributed by atoms with Crippen molar-refractivity contribution in [1.82, 2.24) is 0 Å². The van der Waals surface area contributed by atoms with Gasteiger partial charge in [-0.15, -0.1) is 0 Å². The number of aryl methyl sites for hydroxylation is 1. The molecule has 0 aliphatic carbocycles. The molecule has 0 spiro atoms. The summed E-state index contributed by atoms with van der Waals surface area (Å²) in [6.45, 7) is 5.30. The highest BCUT2D eigenvalue weighted by Crippen LogP contribution is 2.29. The highest BCUT2D eigenvalue weighted by Gasteiger charge is 2.22. The molecule has 2 unspecified atom stereocenters. The zero-order valence-electron chi connectivity index (χ0n) is 11.1. The second-order valence-corrected chi connectivity index (χ2v) is 5.28. The molecule has 1 aromatic rings. The van der Waals surface area contributed by atoms with Crippen LogP contribution >= 0.6 is 0 Å². The first kappa shape index (κ1) is 12.6. The maximum absolute atomic E-state index is 5.98.